The van der Waals surface area contributed by atoms with E-state index in [4.69, 9.17) is 28.9 Å². The standard InChI is InChI=1S/C29H38Cl2N4O2/c1-29(2,3)25-19-34(16-17-35(25)26(36)18-20-12-14-33(15-13-20)28(32)37)27(21-4-8-23(30)9-5-21)22-6-10-24(31)11-7-22/h4-11,20,25,27H,12-19H2,1-3H3,(H2,32,37)/t25-/m1/s1. The van der Waals surface area contributed by atoms with E-state index in [0.717, 1.165) is 25.9 Å². The highest BCUT2D eigenvalue weighted by Crippen LogP contribution is 2.36. The number of piperidine rings is 1. The number of hydrogen-bond acceptors (Lipinski definition) is 3. The molecule has 0 spiro atoms. The zero-order valence-electron chi connectivity index (χ0n) is 22.0. The predicted molar refractivity (Wildman–Crippen MR) is 150 cm³/mol. The van der Waals surface area contributed by atoms with Crippen molar-refractivity contribution in [2.24, 2.45) is 17.1 Å². The fraction of sp³-hybridized carbons (Fsp3) is 0.517. The number of carbonyl (C=O) groups excluding carboxylic acids is 2. The van der Waals surface area contributed by atoms with E-state index in [0.29, 0.717) is 36.1 Å². The van der Waals surface area contributed by atoms with Crippen molar-refractivity contribution in [2.75, 3.05) is 32.7 Å². The molecule has 3 amide bonds. The van der Waals surface area contributed by atoms with Crippen molar-refractivity contribution in [1.29, 1.82) is 0 Å². The number of halogens is 2. The van der Waals surface area contributed by atoms with Crippen LogP contribution in [-0.2, 0) is 4.79 Å². The van der Waals surface area contributed by atoms with Gasteiger partial charge in [-0.15, -0.1) is 0 Å². The number of likely N-dealkylation sites (tertiary alicyclic amines) is 1. The SMILES string of the molecule is CC(C)(C)[C@H]1CN(C(c2ccc(Cl)cc2)c2ccc(Cl)cc2)CCN1C(=O)CC1CCN(C(N)=O)CC1. The molecule has 0 saturated carbocycles. The van der Waals surface area contributed by atoms with E-state index in [9.17, 15) is 9.59 Å². The molecule has 0 radical (unpaired) electrons. The van der Waals surface area contributed by atoms with Gasteiger partial charge in [-0.05, 0) is 59.6 Å². The molecule has 2 heterocycles. The number of primary amides is 1. The number of urea groups is 1. The van der Waals surface area contributed by atoms with Crippen LogP contribution in [0.25, 0.3) is 0 Å². The Kier molecular flexibility index (Phi) is 8.72. The van der Waals surface area contributed by atoms with Crippen LogP contribution in [0.5, 0.6) is 0 Å². The second-order valence-electron chi connectivity index (χ2n) is 11.4. The van der Waals surface area contributed by atoms with E-state index in [1.807, 2.05) is 24.3 Å². The van der Waals surface area contributed by atoms with Crippen LogP contribution in [0.3, 0.4) is 0 Å². The molecule has 4 rings (SSSR count). The van der Waals surface area contributed by atoms with E-state index in [1.54, 1.807) is 4.90 Å². The maximum Gasteiger partial charge on any atom is 0.314 e. The fourth-order valence-corrected chi connectivity index (χ4v) is 5.96. The molecule has 8 heteroatoms. The number of benzene rings is 2. The van der Waals surface area contributed by atoms with E-state index in [2.05, 4.69) is 54.8 Å². The maximum absolute atomic E-state index is 13.6. The molecule has 1 atom stereocenters. The van der Waals surface area contributed by atoms with Gasteiger partial charge >= 0.3 is 6.03 Å². The Morgan fingerprint density at radius 3 is 1.86 bits per heavy atom. The van der Waals surface area contributed by atoms with Crippen molar-refractivity contribution >= 4 is 35.1 Å². The molecule has 2 saturated heterocycles. The first-order chi connectivity index (χ1) is 17.5. The normalized spacial score (nSPS) is 19.9. The van der Waals surface area contributed by atoms with Crippen LogP contribution >= 0.6 is 23.2 Å². The first-order valence-corrected chi connectivity index (χ1v) is 13.9. The zero-order chi connectivity index (χ0) is 26.7. The molecule has 0 bridgehead atoms. The summed E-state index contributed by atoms with van der Waals surface area (Å²) in [6, 6.07) is 15.8. The molecule has 2 aliphatic heterocycles. The van der Waals surface area contributed by atoms with Gasteiger partial charge in [0.25, 0.3) is 0 Å². The van der Waals surface area contributed by atoms with Crippen molar-refractivity contribution in [3.8, 4) is 0 Å². The van der Waals surface area contributed by atoms with Crippen LogP contribution in [0.4, 0.5) is 4.79 Å². The molecular weight excluding hydrogens is 507 g/mol. The summed E-state index contributed by atoms with van der Waals surface area (Å²) in [4.78, 5) is 31.3. The third-order valence-electron chi connectivity index (χ3n) is 7.86. The zero-order valence-corrected chi connectivity index (χ0v) is 23.5. The van der Waals surface area contributed by atoms with Gasteiger partial charge in [-0.25, -0.2) is 4.79 Å². The summed E-state index contributed by atoms with van der Waals surface area (Å²) >= 11 is 12.4. The molecule has 6 nitrogen and oxygen atoms in total. The van der Waals surface area contributed by atoms with Gasteiger partial charge in [-0.3, -0.25) is 9.69 Å². The minimum absolute atomic E-state index is 0.0368. The van der Waals surface area contributed by atoms with Gasteiger partial charge in [-0.1, -0.05) is 68.2 Å². The second kappa shape index (κ2) is 11.6. The lowest BCUT2D eigenvalue weighted by molar-refractivity contribution is -0.141. The molecule has 0 aromatic heterocycles. The number of nitrogens with two attached hydrogens (primary N) is 1. The predicted octanol–water partition coefficient (Wildman–Crippen LogP) is 5.82. The maximum atomic E-state index is 13.6. The van der Waals surface area contributed by atoms with Gasteiger partial charge in [-0.2, -0.15) is 0 Å². The van der Waals surface area contributed by atoms with Gasteiger partial charge < -0.3 is 15.5 Å². The Balaban J connectivity index is 1.53. The van der Waals surface area contributed by atoms with Gasteiger partial charge in [0.2, 0.25) is 5.91 Å². The van der Waals surface area contributed by atoms with Gasteiger partial charge in [0.1, 0.15) is 0 Å². The Morgan fingerprint density at radius 2 is 1.41 bits per heavy atom. The quantitative estimate of drug-likeness (QED) is 0.515. The van der Waals surface area contributed by atoms with E-state index in [1.165, 1.54) is 11.1 Å². The van der Waals surface area contributed by atoms with Gasteiger partial charge in [0, 0.05) is 55.2 Å². The lowest BCUT2D eigenvalue weighted by atomic mass is 9.82. The molecule has 2 aromatic carbocycles. The Morgan fingerprint density at radius 1 is 0.892 bits per heavy atom. The van der Waals surface area contributed by atoms with Crippen molar-refractivity contribution in [1.82, 2.24) is 14.7 Å². The highest BCUT2D eigenvalue weighted by Gasteiger charge is 2.40. The number of hydrogen-bond donors (Lipinski definition) is 1. The van der Waals surface area contributed by atoms with E-state index >= 15 is 0 Å². The summed E-state index contributed by atoms with van der Waals surface area (Å²) in [5, 5.41) is 1.42. The Hall–Kier alpha value is -2.28. The summed E-state index contributed by atoms with van der Waals surface area (Å²) in [7, 11) is 0. The number of carbonyl (C=O) groups is 2. The molecular formula is C29H38Cl2N4O2. The molecule has 2 aliphatic rings. The number of piperazine rings is 1. The third-order valence-corrected chi connectivity index (χ3v) is 8.36. The molecule has 200 valence electrons. The van der Waals surface area contributed by atoms with Crippen LogP contribution in [0, 0.1) is 11.3 Å². The monoisotopic (exact) mass is 544 g/mol. The first-order valence-electron chi connectivity index (χ1n) is 13.1. The van der Waals surface area contributed by atoms with Crippen molar-refractivity contribution in [3.05, 3.63) is 69.7 Å². The number of nitrogens with zero attached hydrogens (tertiary/aromatic N) is 3. The largest absolute Gasteiger partial charge is 0.351 e. The fourth-order valence-electron chi connectivity index (χ4n) is 5.70. The van der Waals surface area contributed by atoms with Crippen LogP contribution in [0.15, 0.2) is 48.5 Å². The van der Waals surface area contributed by atoms with Crippen molar-refractivity contribution < 1.29 is 9.59 Å². The summed E-state index contributed by atoms with van der Waals surface area (Å²) in [5.41, 5.74) is 7.67. The van der Waals surface area contributed by atoms with Gasteiger partial charge in [0.05, 0.1) is 6.04 Å². The lowest BCUT2D eigenvalue weighted by Gasteiger charge is -2.50. The highest BCUT2D eigenvalue weighted by atomic mass is 35.5. The molecule has 2 aromatic rings. The van der Waals surface area contributed by atoms with Crippen LogP contribution in [-0.4, -0.2) is 65.4 Å². The van der Waals surface area contributed by atoms with Crippen molar-refractivity contribution in [3.63, 3.8) is 0 Å². The molecule has 0 aliphatic carbocycles. The third kappa shape index (κ3) is 6.78. The molecule has 0 unspecified atom stereocenters. The average Bonchev–Trinajstić information content (AvgIpc) is 2.86. The van der Waals surface area contributed by atoms with E-state index in [-0.39, 0.29) is 35.4 Å². The summed E-state index contributed by atoms with van der Waals surface area (Å²) in [6.07, 6.45) is 2.17. The molecule has 2 N–H and O–H groups in total. The van der Waals surface area contributed by atoms with Crippen LogP contribution < -0.4 is 5.73 Å². The second-order valence-corrected chi connectivity index (χ2v) is 12.3. The van der Waals surface area contributed by atoms with Crippen LogP contribution in [0.2, 0.25) is 10.0 Å². The van der Waals surface area contributed by atoms with E-state index < -0.39 is 0 Å². The molecule has 37 heavy (non-hydrogen) atoms. The minimum atomic E-state index is -0.371. The minimum Gasteiger partial charge on any atom is -0.351 e. The smallest absolute Gasteiger partial charge is 0.314 e. The number of rotatable bonds is 5. The average molecular weight is 546 g/mol. The topological polar surface area (TPSA) is 69.9 Å². The Bertz CT molecular complexity index is 1030. The van der Waals surface area contributed by atoms with Crippen LogP contribution in [0.1, 0.15) is 57.2 Å². The summed E-state index contributed by atoms with van der Waals surface area (Å²) in [5.74, 6) is 0.504. The summed E-state index contributed by atoms with van der Waals surface area (Å²) in [6.45, 7) is 10.1. The lowest BCUT2D eigenvalue weighted by Crippen LogP contribution is -2.60. The van der Waals surface area contributed by atoms with Gasteiger partial charge in [0.15, 0.2) is 0 Å². The first kappa shape index (κ1) is 27.7. The Labute approximate surface area is 230 Å². The number of amides is 3. The molecule has 2 fully saturated rings. The highest BCUT2D eigenvalue weighted by molar-refractivity contribution is 6.30. The summed E-state index contributed by atoms with van der Waals surface area (Å²) < 4.78 is 0. The van der Waals surface area contributed by atoms with Crippen molar-refractivity contribution in [2.45, 2.75) is 52.1 Å².